The minimum atomic E-state index is -0.313. The van der Waals surface area contributed by atoms with Gasteiger partial charge in [0.2, 0.25) is 5.91 Å². The van der Waals surface area contributed by atoms with Gasteiger partial charge in [-0.3, -0.25) is 9.36 Å². The van der Waals surface area contributed by atoms with Crippen molar-refractivity contribution < 1.29 is 9.53 Å². The van der Waals surface area contributed by atoms with Gasteiger partial charge in [-0.05, 0) is 43.2 Å². The topological polar surface area (TPSA) is 69.0 Å². The number of nitrogens with one attached hydrogen (secondary N) is 1. The monoisotopic (exact) mass is 444 g/mol. The number of amides is 1. The molecule has 0 saturated heterocycles. The third kappa shape index (κ3) is 6.08. The van der Waals surface area contributed by atoms with Gasteiger partial charge < -0.3 is 10.1 Å². The van der Waals surface area contributed by atoms with E-state index in [-0.39, 0.29) is 11.2 Å². The quantitative estimate of drug-likeness (QED) is 0.376. The second kappa shape index (κ2) is 11.2. The van der Waals surface area contributed by atoms with Crippen molar-refractivity contribution in [1.29, 1.82) is 0 Å². The second-order valence-electron chi connectivity index (χ2n) is 6.77. The molecular formula is C22H25ClN4O2S. The van der Waals surface area contributed by atoms with Crippen molar-refractivity contribution in [3.8, 4) is 5.69 Å². The highest BCUT2D eigenvalue weighted by Gasteiger charge is 2.21. The lowest BCUT2D eigenvalue weighted by Gasteiger charge is -2.14. The Hall–Kier alpha value is -2.35. The zero-order chi connectivity index (χ0) is 21.3. The lowest BCUT2D eigenvalue weighted by atomic mass is 10.1. The van der Waals surface area contributed by atoms with Crippen LogP contribution in [0.3, 0.4) is 0 Å². The maximum Gasteiger partial charge on any atom is 0.233 e. The van der Waals surface area contributed by atoms with Gasteiger partial charge in [0.05, 0.1) is 5.25 Å². The normalized spacial score (nSPS) is 12.0. The van der Waals surface area contributed by atoms with E-state index in [9.17, 15) is 4.79 Å². The number of hydrogen-bond acceptors (Lipinski definition) is 5. The molecule has 2 aromatic carbocycles. The van der Waals surface area contributed by atoms with Crippen LogP contribution in [-0.4, -0.2) is 46.2 Å². The average molecular weight is 445 g/mol. The molecule has 3 rings (SSSR count). The van der Waals surface area contributed by atoms with Crippen molar-refractivity contribution in [2.45, 2.75) is 30.2 Å². The largest absolute Gasteiger partial charge is 0.385 e. The van der Waals surface area contributed by atoms with E-state index >= 15 is 0 Å². The number of benzene rings is 2. The number of ether oxygens (including phenoxy) is 1. The van der Waals surface area contributed by atoms with Crippen LogP contribution in [0.15, 0.2) is 59.8 Å². The van der Waals surface area contributed by atoms with Crippen LogP contribution in [0.5, 0.6) is 0 Å². The first kappa shape index (κ1) is 22.3. The number of methoxy groups -OCH3 is 1. The average Bonchev–Trinajstić information content (AvgIpc) is 3.14. The molecule has 0 spiro atoms. The maximum absolute atomic E-state index is 12.5. The Balaban J connectivity index is 1.81. The summed E-state index contributed by atoms with van der Waals surface area (Å²) in [7, 11) is 1.65. The van der Waals surface area contributed by atoms with E-state index in [0.29, 0.717) is 29.8 Å². The summed E-state index contributed by atoms with van der Waals surface area (Å²) in [6, 6.07) is 17.6. The number of carbonyl (C=O) groups excluding carboxylic acids is 1. The summed E-state index contributed by atoms with van der Waals surface area (Å²) in [5, 5.41) is 12.8. The first-order valence-corrected chi connectivity index (χ1v) is 11.0. The van der Waals surface area contributed by atoms with Crippen LogP contribution in [0.25, 0.3) is 5.69 Å². The van der Waals surface area contributed by atoms with Crippen molar-refractivity contribution in [3.63, 3.8) is 0 Å². The molecule has 3 aromatic rings. The van der Waals surface area contributed by atoms with Gasteiger partial charge in [-0.2, -0.15) is 0 Å². The van der Waals surface area contributed by atoms with Gasteiger partial charge in [0, 0.05) is 37.4 Å². The van der Waals surface area contributed by atoms with Gasteiger partial charge in [0.25, 0.3) is 0 Å². The van der Waals surface area contributed by atoms with Crippen LogP contribution in [0, 0.1) is 0 Å². The Morgan fingerprint density at radius 1 is 1.17 bits per heavy atom. The molecule has 0 bridgehead atoms. The fourth-order valence-electron chi connectivity index (χ4n) is 2.90. The van der Waals surface area contributed by atoms with E-state index in [1.165, 1.54) is 11.8 Å². The lowest BCUT2D eigenvalue weighted by Crippen LogP contribution is -2.32. The highest BCUT2D eigenvalue weighted by Crippen LogP contribution is 2.27. The number of thioether (sulfide) groups is 1. The summed E-state index contributed by atoms with van der Waals surface area (Å²) >= 11 is 7.46. The number of carbonyl (C=O) groups is 1. The third-order valence-electron chi connectivity index (χ3n) is 4.47. The van der Waals surface area contributed by atoms with Gasteiger partial charge in [-0.15, -0.1) is 10.2 Å². The molecule has 1 atom stereocenters. The molecular weight excluding hydrogens is 420 g/mol. The maximum atomic E-state index is 12.5. The highest BCUT2D eigenvalue weighted by molar-refractivity contribution is 8.00. The Morgan fingerprint density at radius 3 is 2.60 bits per heavy atom. The standard InChI is InChI=1S/C22H25ClN4O2S/c1-16(21(28)24-13-6-14-29-2)30-22-26-25-20(15-17-7-4-3-5-8-17)27(22)19-11-9-18(23)10-12-19/h3-5,7-12,16H,6,13-15H2,1-2H3,(H,24,28). The van der Waals surface area contributed by atoms with Crippen molar-refractivity contribution in [1.82, 2.24) is 20.1 Å². The molecule has 1 N–H and O–H groups in total. The minimum Gasteiger partial charge on any atom is -0.385 e. The Morgan fingerprint density at radius 2 is 1.90 bits per heavy atom. The van der Waals surface area contributed by atoms with Gasteiger partial charge in [0.15, 0.2) is 5.16 Å². The fourth-order valence-corrected chi connectivity index (χ4v) is 3.94. The number of halogens is 1. The van der Waals surface area contributed by atoms with E-state index < -0.39 is 0 Å². The predicted molar refractivity (Wildman–Crippen MR) is 120 cm³/mol. The van der Waals surface area contributed by atoms with Gasteiger partial charge in [-0.1, -0.05) is 53.7 Å². The van der Waals surface area contributed by atoms with Crippen LogP contribution in [0.4, 0.5) is 0 Å². The molecule has 1 amide bonds. The van der Waals surface area contributed by atoms with E-state index in [1.54, 1.807) is 7.11 Å². The molecule has 0 fully saturated rings. The molecule has 1 unspecified atom stereocenters. The summed E-state index contributed by atoms with van der Waals surface area (Å²) in [5.41, 5.74) is 2.05. The third-order valence-corrected chi connectivity index (χ3v) is 5.76. The number of rotatable bonds is 10. The molecule has 158 valence electrons. The first-order chi connectivity index (χ1) is 14.6. The van der Waals surface area contributed by atoms with E-state index in [2.05, 4.69) is 27.6 Å². The van der Waals surface area contributed by atoms with Crippen LogP contribution in [0.2, 0.25) is 5.02 Å². The molecule has 1 aromatic heterocycles. The molecule has 1 heterocycles. The predicted octanol–water partition coefficient (Wildman–Crippen LogP) is 4.14. The summed E-state index contributed by atoms with van der Waals surface area (Å²) in [6.45, 7) is 3.07. The van der Waals surface area contributed by atoms with Crippen molar-refractivity contribution in [2.24, 2.45) is 0 Å². The van der Waals surface area contributed by atoms with Crippen LogP contribution in [-0.2, 0) is 16.0 Å². The fraction of sp³-hybridized carbons (Fsp3) is 0.318. The number of aromatic nitrogens is 3. The molecule has 0 aliphatic rings. The smallest absolute Gasteiger partial charge is 0.233 e. The number of hydrogen-bond donors (Lipinski definition) is 1. The summed E-state index contributed by atoms with van der Waals surface area (Å²) in [4.78, 5) is 12.5. The van der Waals surface area contributed by atoms with Crippen molar-refractivity contribution in [3.05, 3.63) is 71.0 Å². The summed E-state index contributed by atoms with van der Waals surface area (Å²) < 4.78 is 7.01. The van der Waals surface area contributed by atoms with E-state index in [4.69, 9.17) is 16.3 Å². The Labute approximate surface area is 186 Å². The van der Waals surface area contributed by atoms with Crippen LogP contribution in [0.1, 0.15) is 24.7 Å². The molecule has 6 nitrogen and oxygen atoms in total. The van der Waals surface area contributed by atoms with Gasteiger partial charge >= 0.3 is 0 Å². The SMILES string of the molecule is COCCCNC(=O)C(C)Sc1nnc(Cc2ccccc2)n1-c1ccc(Cl)cc1. The Kier molecular flexibility index (Phi) is 8.30. The van der Waals surface area contributed by atoms with E-state index in [1.807, 2.05) is 54.0 Å². The molecule has 0 aliphatic carbocycles. The summed E-state index contributed by atoms with van der Waals surface area (Å²) in [5.74, 6) is 0.769. The van der Waals surface area contributed by atoms with Gasteiger partial charge in [-0.25, -0.2) is 0 Å². The molecule has 0 saturated carbocycles. The van der Waals surface area contributed by atoms with Crippen molar-refractivity contribution >= 4 is 29.3 Å². The molecule has 8 heteroatoms. The van der Waals surface area contributed by atoms with E-state index in [0.717, 1.165) is 23.5 Å². The van der Waals surface area contributed by atoms with Crippen molar-refractivity contribution in [2.75, 3.05) is 20.3 Å². The Bertz CT molecular complexity index is 948. The zero-order valence-corrected chi connectivity index (χ0v) is 18.6. The highest BCUT2D eigenvalue weighted by atomic mass is 35.5. The molecule has 0 aliphatic heterocycles. The lowest BCUT2D eigenvalue weighted by molar-refractivity contribution is -0.120. The molecule has 0 radical (unpaired) electrons. The van der Waals surface area contributed by atoms with Crippen LogP contribution < -0.4 is 5.32 Å². The van der Waals surface area contributed by atoms with Crippen LogP contribution >= 0.6 is 23.4 Å². The zero-order valence-electron chi connectivity index (χ0n) is 17.0. The van der Waals surface area contributed by atoms with Gasteiger partial charge in [0.1, 0.15) is 5.82 Å². The first-order valence-electron chi connectivity index (χ1n) is 9.76. The number of nitrogens with zero attached hydrogens (tertiary/aromatic N) is 3. The molecule has 30 heavy (non-hydrogen) atoms. The second-order valence-corrected chi connectivity index (χ2v) is 8.51. The minimum absolute atomic E-state index is 0.0358. The summed E-state index contributed by atoms with van der Waals surface area (Å²) in [6.07, 6.45) is 1.41.